The van der Waals surface area contributed by atoms with Crippen molar-refractivity contribution in [2.45, 2.75) is 88.9 Å². The number of ether oxygens (including phenoxy) is 4. The number of benzene rings is 1. The van der Waals surface area contributed by atoms with Crippen molar-refractivity contribution < 1.29 is 55.7 Å². The van der Waals surface area contributed by atoms with E-state index in [4.69, 9.17) is 33.7 Å². The Morgan fingerprint density at radius 3 is 2.47 bits per heavy atom. The summed E-state index contributed by atoms with van der Waals surface area (Å²) in [5.74, 6) is -5.60. The van der Waals surface area contributed by atoms with E-state index in [-0.39, 0.29) is 30.8 Å². The van der Waals surface area contributed by atoms with Crippen molar-refractivity contribution in [2.24, 2.45) is 4.99 Å². The Morgan fingerprint density at radius 2 is 1.82 bits per heavy atom. The van der Waals surface area contributed by atoms with Crippen molar-refractivity contribution in [2.75, 3.05) is 39.0 Å². The van der Waals surface area contributed by atoms with Crippen LogP contribution in [-0.4, -0.2) is 113 Å². The molecule has 55 heavy (non-hydrogen) atoms. The third kappa shape index (κ3) is 9.47. The zero-order valence-corrected chi connectivity index (χ0v) is 32.0. The maximum Gasteiger partial charge on any atom is 0.459 e. The molecule has 0 saturated carbocycles. The van der Waals surface area contributed by atoms with Gasteiger partial charge in [-0.25, -0.2) is 22.8 Å². The molecule has 7 atom stereocenters. The van der Waals surface area contributed by atoms with Gasteiger partial charge in [-0.2, -0.15) is 10.2 Å². The van der Waals surface area contributed by atoms with E-state index in [1.807, 2.05) is 0 Å². The number of rotatable bonds is 16. The quantitative estimate of drug-likeness (QED) is 0.0912. The molecule has 20 heteroatoms. The molecule has 1 aromatic carbocycles. The zero-order valence-electron chi connectivity index (χ0n) is 31.1. The molecule has 4 heterocycles. The number of nitrogens with two attached hydrogens (primary N) is 1. The molecule has 3 N–H and O–H groups in total. The molecule has 0 aliphatic carbocycles. The molecule has 17 nitrogen and oxygen atoms in total. The number of nitrogen functional groups attached to an aromatic ring is 1. The summed E-state index contributed by atoms with van der Waals surface area (Å²) in [5, 5.41) is 6.78. The Kier molecular flexibility index (Phi) is 13.2. The molecule has 0 radical (unpaired) electrons. The van der Waals surface area contributed by atoms with Gasteiger partial charge in [0.1, 0.15) is 29.7 Å². The van der Waals surface area contributed by atoms with Crippen LogP contribution >= 0.6 is 7.75 Å². The standard InChI is InChI=1S/C35H46F2N7O10P/c1-6-27(45)51-30-29(24-14-15-25-32(38)40-21-41-44(24)25)53-34(18-39-5,31(30)52-28(46)7-2)20-49-55(48,54-23-12-10-9-11-13-23)42-22(4)33(47)50-26-16-17-43(8-3)19-35(26,36)37/h9-15,18,21-22,26,29-31H,6-8,16-17,19-20H2,1-5H3,(H,42,48)(H2,38,40,41)/t22-,26?,29-,30-,31-,34+,55?/m0/s1. The van der Waals surface area contributed by atoms with Crippen LogP contribution in [0.25, 0.3) is 5.52 Å². The number of para-hydroxylation sites is 1. The lowest BCUT2D eigenvalue weighted by Gasteiger charge is -2.37. The number of carbonyl (C=O) groups is 3. The second-order valence-electron chi connectivity index (χ2n) is 13.0. The summed E-state index contributed by atoms with van der Waals surface area (Å²) in [6.45, 7) is 5.54. The van der Waals surface area contributed by atoms with E-state index in [0.29, 0.717) is 24.3 Å². The highest BCUT2D eigenvalue weighted by Gasteiger charge is 2.61. The largest absolute Gasteiger partial charge is 0.459 e. The van der Waals surface area contributed by atoms with Crippen molar-refractivity contribution >= 4 is 43.2 Å². The molecule has 300 valence electrons. The summed E-state index contributed by atoms with van der Waals surface area (Å²) >= 11 is 0. The molecular formula is C35H46F2N7O10P. The Bertz CT molecular complexity index is 1900. The molecule has 5 rings (SSSR count). The number of likely N-dealkylation sites (tertiary alicyclic amines) is 1. The first-order chi connectivity index (χ1) is 26.2. The van der Waals surface area contributed by atoms with Gasteiger partial charge in [0.25, 0.3) is 5.92 Å². The third-order valence-corrected chi connectivity index (χ3v) is 10.8. The Balaban J connectivity index is 1.50. The lowest BCUT2D eigenvalue weighted by atomic mass is 9.95. The highest BCUT2D eigenvalue weighted by molar-refractivity contribution is 7.52. The minimum absolute atomic E-state index is 0.0469. The van der Waals surface area contributed by atoms with E-state index < -0.39 is 80.8 Å². The van der Waals surface area contributed by atoms with Crippen LogP contribution in [0.3, 0.4) is 0 Å². The number of fused-ring (bicyclic) bond motifs is 1. The number of aromatic nitrogens is 3. The van der Waals surface area contributed by atoms with Gasteiger partial charge in [0.2, 0.25) is 0 Å². The molecule has 2 saturated heterocycles. The first-order valence-electron chi connectivity index (χ1n) is 17.8. The first kappa shape index (κ1) is 41.6. The molecule has 2 aromatic heterocycles. The van der Waals surface area contributed by atoms with Gasteiger partial charge < -0.3 is 29.2 Å². The second kappa shape index (κ2) is 17.5. The van der Waals surface area contributed by atoms with Crippen LogP contribution in [0.2, 0.25) is 0 Å². The zero-order chi connectivity index (χ0) is 40.0. The predicted molar refractivity (Wildman–Crippen MR) is 193 cm³/mol. The smallest absolute Gasteiger partial charge is 0.455 e. The summed E-state index contributed by atoms with van der Waals surface area (Å²) in [4.78, 5) is 48.8. The number of nitrogens with one attached hydrogen (secondary N) is 1. The van der Waals surface area contributed by atoms with E-state index in [9.17, 15) is 27.7 Å². The number of halogens is 2. The van der Waals surface area contributed by atoms with Crippen LogP contribution < -0.4 is 15.3 Å². The van der Waals surface area contributed by atoms with Gasteiger partial charge >= 0.3 is 25.7 Å². The number of hydrogen-bond donors (Lipinski definition) is 2. The van der Waals surface area contributed by atoms with Crippen LogP contribution in [0.4, 0.5) is 14.6 Å². The van der Waals surface area contributed by atoms with E-state index in [1.165, 1.54) is 43.2 Å². The van der Waals surface area contributed by atoms with Crippen molar-refractivity contribution in [1.82, 2.24) is 24.6 Å². The monoisotopic (exact) mass is 793 g/mol. The lowest BCUT2D eigenvalue weighted by Crippen LogP contribution is -2.54. The van der Waals surface area contributed by atoms with Gasteiger partial charge in [0, 0.05) is 39.1 Å². The molecule has 2 aliphatic rings. The normalized spacial score (nSPS) is 25.7. The molecule has 0 spiro atoms. The van der Waals surface area contributed by atoms with E-state index in [1.54, 1.807) is 56.0 Å². The topological polar surface area (TPSA) is 207 Å². The van der Waals surface area contributed by atoms with Crippen molar-refractivity contribution in [1.29, 1.82) is 0 Å². The fraction of sp³-hybridized carbons (Fsp3) is 0.543. The van der Waals surface area contributed by atoms with E-state index >= 15 is 0 Å². The highest BCUT2D eigenvalue weighted by Crippen LogP contribution is 2.50. The number of carbonyl (C=O) groups excluding carboxylic acids is 3. The SMILES string of the molecule is CCC(=O)O[C@H]1[C@H](c2ccc3c(N)ncnn23)O[C@](C=NC)(COP(=O)(N[C@@H](C)C(=O)OC2CCN(CC)CC2(F)F)Oc2ccccc2)[C@H]1OC(=O)CC. The van der Waals surface area contributed by atoms with Gasteiger partial charge in [0.15, 0.2) is 29.7 Å². The van der Waals surface area contributed by atoms with Gasteiger partial charge in [-0.05, 0) is 37.7 Å². The fourth-order valence-corrected chi connectivity index (χ4v) is 7.81. The molecule has 0 bridgehead atoms. The number of esters is 3. The number of hydrogen-bond acceptors (Lipinski definition) is 15. The summed E-state index contributed by atoms with van der Waals surface area (Å²) in [6, 6.07) is 9.59. The van der Waals surface area contributed by atoms with Gasteiger partial charge in [-0.3, -0.25) is 28.8 Å². The maximum absolute atomic E-state index is 14.9. The van der Waals surface area contributed by atoms with E-state index in [0.717, 1.165) is 0 Å². The van der Waals surface area contributed by atoms with Crippen LogP contribution in [0.15, 0.2) is 53.8 Å². The van der Waals surface area contributed by atoms with Crippen molar-refractivity contribution in [3.05, 3.63) is 54.5 Å². The highest BCUT2D eigenvalue weighted by atomic mass is 31.2. The fourth-order valence-electron chi connectivity index (χ4n) is 6.28. The first-order valence-corrected chi connectivity index (χ1v) is 19.4. The Labute approximate surface area is 316 Å². The average molecular weight is 794 g/mol. The summed E-state index contributed by atoms with van der Waals surface area (Å²) in [6.07, 6.45) is -3.48. The van der Waals surface area contributed by atoms with Crippen LogP contribution in [0.5, 0.6) is 5.75 Å². The summed E-state index contributed by atoms with van der Waals surface area (Å²) in [7, 11) is -3.29. The lowest BCUT2D eigenvalue weighted by molar-refractivity contribution is -0.189. The van der Waals surface area contributed by atoms with Crippen molar-refractivity contribution in [3.8, 4) is 5.75 Å². The van der Waals surface area contributed by atoms with Gasteiger partial charge in [0.05, 0.1) is 18.8 Å². The average Bonchev–Trinajstić information content (AvgIpc) is 3.71. The maximum atomic E-state index is 14.9. The summed E-state index contributed by atoms with van der Waals surface area (Å²) < 4.78 is 81.4. The number of alkyl halides is 2. The van der Waals surface area contributed by atoms with E-state index in [2.05, 4.69) is 20.2 Å². The molecule has 0 amide bonds. The van der Waals surface area contributed by atoms with Gasteiger partial charge in [-0.1, -0.05) is 39.0 Å². The molecule has 2 aliphatic heterocycles. The second-order valence-corrected chi connectivity index (χ2v) is 14.7. The molecular weight excluding hydrogens is 747 g/mol. The molecule has 2 fully saturated rings. The van der Waals surface area contributed by atoms with Crippen molar-refractivity contribution in [3.63, 3.8) is 0 Å². The van der Waals surface area contributed by atoms with Crippen LogP contribution in [0.1, 0.15) is 58.8 Å². The number of anilines is 1. The molecule has 2 unspecified atom stereocenters. The number of aliphatic imine (C=N–C) groups is 1. The molecule has 3 aromatic rings. The Hall–Kier alpha value is -4.55. The number of nitrogens with zero attached hydrogens (tertiary/aromatic N) is 5. The third-order valence-electron chi connectivity index (χ3n) is 9.13. The Morgan fingerprint density at radius 1 is 1.11 bits per heavy atom. The summed E-state index contributed by atoms with van der Waals surface area (Å²) in [5.41, 5.74) is 4.88. The van der Waals surface area contributed by atoms with Gasteiger partial charge in [-0.15, -0.1) is 0 Å². The minimum atomic E-state index is -4.70. The van der Waals surface area contributed by atoms with Crippen LogP contribution in [0, 0.1) is 0 Å². The predicted octanol–water partition coefficient (Wildman–Crippen LogP) is 3.92. The number of piperidine rings is 1. The van der Waals surface area contributed by atoms with Crippen LogP contribution in [-0.2, 0) is 42.4 Å². The minimum Gasteiger partial charge on any atom is -0.455 e.